The molecule has 0 aliphatic rings. The second-order valence-corrected chi connectivity index (χ2v) is 4.22. The van der Waals surface area contributed by atoms with Gasteiger partial charge in [0.2, 0.25) is 5.91 Å². The molecule has 7 nitrogen and oxygen atoms in total. The van der Waals surface area contributed by atoms with Crippen LogP contribution in [0.5, 0.6) is 0 Å². The lowest BCUT2D eigenvalue weighted by Crippen LogP contribution is -2.34. The number of rotatable bonds is 5. The van der Waals surface area contributed by atoms with Gasteiger partial charge in [-0.1, -0.05) is 13.8 Å². The Balaban J connectivity index is 2.81. The van der Waals surface area contributed by atoms with E-state index in [0.717, 1.165) is 5.69 Å². The van der Waals surface area contributed by atoms with Crippen LogP contribution in [-0.4, -0.2) is 33.4 Å². The average molecular weight is 241 g/mol. The summed E-state index contributed by atoms with van der Waals surface area (Å²) in [5, 5.41) is 16.4. The fourth-order valence-electron chi connectivity index (χ4n) is 1.49. The Bertz CT molecular complexity index is 413. The molecule has 0 radical (unpaired) electrons. The van der Waals surface area contributed by atoms with Crippen molar-refractivity contribution in [1.29, 1.82) is 0 Å². The van der Waals surface area contributed by atoms with Gasteiger partial charge in [0.25, 0.3) is 0 Å². The summed E-state index contributed by atoms with van der Waals surface area (Å²) in [7, 11) is 1.74. The van der Waals surface area contributed by atoms with Gasteiger partial charge in [0.05, 0.1) is 17.9 Å². The highest BCUT2D eigenvalue weighted by Crippen LogP contribution is 2.27. The fourth-order valence-corrected chi connectivity index (χ4v) is 1.49. The summed E-state index contributed by atoms with van der Waals surface area (Å²) in [5.74, 6) is 0.00846. The van der Waals surface area contributed by atoms with Gasteiger partial charge in [0.15, 0.2) is 0 Å². The lowest BCUT2D eigenvalue weighted by Gasteiger charge is -2.10. The normalized spacial score (nSPS) is 12.8. The van der Waals surface area contributed by atoms with E-state index < -0.39 is 12.0 Å². The molecule has 1 aromatic heterocycles. The van der Waals surface area contributed by atoms with Crippen molar-refractivity contribution < 1.29 is 9.90 Å². The number of anilines is 2. The second kappa shape index (κ2) is 5.05. The second-order valence-electron chi connectivity index (χ2n) is 4.22. The Kier molecular flexibility index (Phi) is 3.95. The largest absolute Gasteiger partial charge is 0.394 e. The molecule has 0 spiro atoms. The number of nitrogens with two attached hydrogens (primary N) is 2. The molecule has 6 N–H and O–H groups in total. The zero-order valence-corrected chi connectivity index (χ0v) is 10.3. The zero-order valence-electron chi connectivity index (χ0n) is 10.3. The molecule has 1 amide bonds. The van der Waals surface area contributed by atoms with Gasteiger partial charge in [0, 0.05) is 7.05 Å². The van der Waals surface area contributed by atoms with Crippen molar-refractivity contribution in [1.82, 2.24) is 9.78 Å². The third kappa shape index (κ3) is 2.88. The number of aliphatic hydroxyl groups excluding tert-OH is 1. The van der Waals surface area contributed by atoms with Crippen LogP contribution < -0.4 is 16.8 Å². The number of amides is 1. The van der Waals surface area contributed by atoms with E-state index in [1.807, 2.05) is 13.8 Å². The summed E-state index contributed by atoms with van der Waals surface area (Å²) in [6.07, 6.45) is -1.24. The Morgan fingerprint density at radius 2 is 2.18 bits per heavy atom. The highest BCUT2D eigenvalue weighted by atomic mass is 16.3. The minimum atomic E-state index is -1.24. The van der Waals surface area contributed by atoms with Crippen LogP contribution in [-0.2, 0) is 11.8 Å². The highest BCUT2D eigenvalue weighted by molar-refractivity contribution is 5.79. The molecule has 1 unspecified atom stereocenters. The Morgan fingerprint density at radius 3 is 2.59 bits per heavy atom. The van der Waals surface area contributed by atoms with Crippen molar-refractivity contribution >= 4 is 17.4 Å². The van der Waals surface area contributed by atoms with E-state index >= 15 is 0 Å². The van der Waals surface area contributed by atoms with E-state index in [0.29, 0.717) is 11.5 Å². The molecule has 0 aliphatic heterocycles. The van der Waals surface area contributed by atoms with Crippen molar-refractivity contribution in [2.45, 2.75) is 25.9 Å². The third-order valence-electron chi connectivity index (χ3n) is 2.45. The number of aromatic nitrogens is 2. The number of carbonyl (C=O) groups is 1. The number of nitrogens with one attached hydrogen (secondary N) is 1. The van der Waals surface area contributed by atoms with Crippen molar-refractivity contribution in [2.24, 2.45) is 12.8 Å². The number of hydrogen-bond acceptors (Lipinski definition) is 5. The first kappa shape index (κ1) is 13.3. The summed E-state index contributed by atoms with van der Waals surface area (Å²) in [6.45, 7) is 3.98. The van der Waals surface area contributed by atoms with E-state index in [1.165, 1.54) is 0 Å². The maximum absolute atomic E-state index is 10.7. The number of hydrogen-bond donors (Lipinski definition) is 4. The maximum atomic E-state index is 10.7. The van der Waals surface area contributed by atoms with Gasteiger partial charge in [-0.05, 0) is 5.92 Å². The summed E-state index contributed by atoms with van der Waals surface area (Å²) >= 11 is 0. The molecule has 1 aromatic rings. The first-order valence-corrected chi connectivity index (χ1v) is 5.38. The zero-order chi connectivity index (χ0) is 13.2. The van der Waals surface area contributed by atoms with Gasteiger partial charge in [-0.3, -0.25) is 9.48 Å². The minimum absolute atomic E-state index is 0.0105. The Morgan fingerprint density at radius 1 is 1.59 bits per heavy atom. The summed E-state index contributed by atoms with van der Waals surface area (Å²) < 4.78 is 1.58. The molecular weight excluding hydrogens is 222 g/mol. The fraction of sp³-hybridized carbons (Fsp3) is 0.600. The molecule has 0 aliphatic carbocycles. The van der Waals surface area contributed by atoms with E-state index in [-0.39, 0.29) is 12.5 Å². The van der Waals surface area contributed by atoms with Crippen molar-refractivity contribution in [3.05, 3.63) is 5.69 Å². The van der Waals surface area contributed by atoms with E-state index in [9.17, 15) is 9.90 Å². The molecule has 0 saturated carbocycles. The van der Waals surface area contributed by atoms with Crippen LogP contribution in [0, 0.1) is 0 Å². The predicted octanol–water partition coefficient (Wildman–Crippen LogP) is -0.616. The molecule has 0 aromatic carbocycles. The Labute approximate surface area is 99.8 Å². The van der Waals surface area contributed by atoms with Crippen LogP contribution in [0.1, 0.15) is 25.5 Å². The molecule has 0 bridgehead atoms. The monoisotopic (exact) mass is 241 g/mol. The summed E-state index contributed by atoms with van der Waals surface area (Å²) in [5.41, 5.74) is 12.2. The summed E-state index contributed by atoms with van der Waals surface area (Å²) in [6, 6.07) is 0. The highest BCUT2D eigenvalue weighted by Gasteiger charge is 2.17. The van der Waals surface area contributed by atoms with Crippen LogP contribution >= 0.6 is 0 Å². The minimum Gasteiger partial charge on any atom is -0.394 e. The van der Waals surface area contributed by atoms with Crippen molar-refractivity contribution in [2.75, 3.05) is 17.6 Å². The lowest BCUT2D eigenvalue weighted by molar-refractivity contribution is -0.125. The van der Waals surface area contributed by atoms with Gasteiger partial charge in [0.1, 0.15) is 11.9 Å². The third-order valence-corrected chi connectivity index (χ3v) is 2.45. The average Bonchev–Trinajstić information content (AvgIpc) is 2.51. The van der Waals surface area contributed by atoms with E-state index in [1.54, 1.807) is 11.7 Å². The number of primary amides is 1. The number of aliphatic hydroxyl groups is 1. The van der Waals surface area contributed by atoms with Crippen LogP contribution in [0.4, 0.5) is 11.5 Å². The smallest absolute Gasteiger partial charge is 0.248 e. The summed E-state index contributed by atoms with van der Waals surface area (Å²) in [4.78, 5) is 10.7. The number of aryl methyl sites for hydroxylation is 1. The van der Waals surface area contributed by atoms with Gasteiger partial charge in [-0.2, -0.15) is 5.10 Å². The van der Waals surface area contributed by atoms with Crippen LogP contribution in [0.3, 0.4) is 0 Å². The van der Waals surface area contributed by atoms with Crippen molar-refractivity contribution in [3.8, 4) is 0 Å². The SMILES string of the molecule is CC(C)c1nn(C)c(NCC(O)C(N)=O)c1N. The predicted molar refractivity (Wildman–Crippen MR) is 65.4 cm³/mol. The number of nitrogens with zero attached hydrogens (tertiary/aromatic N) is 2. The standard InChI is InChI=1S/C10H19N5O2/c1-5(2)8-7(11)10(15(3)14-8)13-4-6(16)9(12)17/h5-6,13,16H,4,11H2,1-3H3,(H2,12,17). The molecule has 96 valence electrons. The molecule has 1 heterocycles. The van der Waals surface area contributed by atoms with Gasteiger partial charge >= 0.3 is 0 Å². The molecule has 1 atom stereocenters. The van der Waals surface area contributed by atoms with Gasteiger partial charge in [-0.15, -0.1) is 0 Å². The maximum Gasteiger partial charge on any atom is 0.248 e. The van der Waals surface area contributed by atoms with Gasteiger partial charge in [-0.25, -0.2) is 0 Å². The molecule has 1 rings (SSSR count). The van der Waals surface area contributed by atoms with Crippen LogP contribution in [0.15, 0.2) is 0 Å². The number of carbonyl (C=O) groups excluding carboxylic acids is 1. The molecule has 0 fully saturated rings. The quantitative estimate of drug-likeness (QED) is 0.548. The first-order valence-electron chi connectivity index (χ1n) is 5.38. The van der Waals surface area contributed by atoms with E-state index in [4.69, 9.17) is 11.5 Å². The molecule has 7 heteroatoms. The lowest BCUT2D eigenvalue weighted by atomic mass is 10.1. The van der Waals surface area contributed by atoms with Crippen molar-refractivity contribution in [3.63, 3.8) is 0 Å². The molecule has 0 saturated heterocycles. The van der Waals surface area contributed by atoms with Crippen LogP contribution in [0.2, 0.25) is 0 Å². The Hall–Kier alpha value is -1.76. The molecular formula is C10H19N5O2. The van der Waals surface area contributed by atoms with Gasteiger partial charge < -0.3 is 21.9 Å². The van der Waals surface area contributed by atoms with Crippen LogP contribution in [0.25, 0.3) is 0 Å². The molecule has 17 heavy (non-hydrogen) atoms. The number of nitrogen functional groups attached to an aromatic ring is 1. The topological polar surface area (TPSA) is 119 Å². The first-order chi connectivity index (χ1) is 7.84. The van der Waals surface area contributed by atoms with E-state index in [2.05, 4.69) is 10.4 Å².